The fourth-order valence-corrected chi connectivity index (χ4v) is 4.45. The van der Waals surface area contributed by atoms with Crippen LogP contribution in [-0.2, 0) is 24.3 Å². The average Bonchev–Trinajstić information content (AvgIpc) is 3.56. The van der Waals surface area contributed by atoms with Gasteiger partial charge in [0.15, 0.2) is 11.5 Å². The molecule has 5 aromatic rings. The smallest absolute Gasteiger partial charge is 0.263 e. The van der Waals surface area contributed by atoms with Gasteiger partial charge in [-0.2, -0.15) is 0 Å². The van der Waals surface area contributed by atoms with Crippen LogP contribution < -0.4 is 20.3 Å². The molecular weight excluding hydrogens is 458 g/mol. The molecular formula is C27H23N5O4. The number of ether oxygens (including phenoxy) is 2. The first-order valence-electron chi connectivity index (χ1n) is 11.7. The molecule has 0 spiro atoms. The van der Waals surface area contributed by atoms with Crippen molar-refractivity contribution in [3.8, 4) is 11.5 Å². The topological polar surface area (TPSA) is 99.8 Å². The minimum Gasteiger partial charge on any atom is -0.454 e. The number of hydrogen-bond donors (Lipinski definition) is 1. The molecule has 36 heavy (non-hydrogen) atoms. The number of rotatable bonds is 7. The highest BCUT2D eigenvalue weighted by molar-refractivity contribution is 5.80. The summed E-state index contributed by atoms with van der Waals surface area (Å²) in [6.07, 6.45) is 0.610. The van der Waals surface area contributed by atoms with Crippen LogP contribution >= 0.6 is 0 Å². The molecule has 1 amide bonds. The lowest BCUT2D eigenvalue weighted by atomic mass is 10.2. The lowest BCUT2D eigenvalue weighted by Gasteiger charge is -2.11. The predicted octanol–water partition coefficient (Wildman–Crippen LogP) is 3.07. The van der Waals surface area contributed by atoms with E-state index in [1.807, 2.05) is 71.1 Å². The number of amides is 1. The highest BCUT2D eigenvalue weighted by Crippen LogP contribution is 2.32. The number of carbonyl (C=O) groups is 1. The summed E-state index contributed by atoms with van der Waals surface area (Å²) in [5, 5.41) is 12.2. The maximum Gasteiger partial charge on any atom is 0.263 e. The summed E-state index contributed by atoms with van der Waals surface area (Å²) in [5.41, 5.74) is 2.52. The van der Waals surface area contributed by atoms with Gasteiger partial charge in [-0.25, -0.2) is 0 Å². The van der Waals surface area contributed by atoms with Crippen LogP contribution in [0.1, 0.15) is 23.4 Å². The maximum absolute atomic E-state index is 13.3. The Bertz CT molecular complexity index is 1640. The Balaban J connectivity index is 1.24. The van der Waals surface area contributed by atoms with Gasteiger partial charge < -0.3 is 14.8 Å². The molecule has 3 heterocycles. The first-order valence-corrected chi connectivity index (χ1v) is 11.7. The standard InChI is InChI=1S/C27H23N5O4/c33-25(28-15-19-10-11-22-23(14-19)36-17-35-22)13-12-24-29-30-27-31(16-18-6-2-1-3-7-18)26(34)20-8-4-5-9-21(20)32(24)27/h1-11,14H,12-13,15-17H2,(H,28,33). The molecule has 0 unspecified atom stereocenters. The zero-order valence-electron chi connectivity index (χ0n) is 19.4. The summed E-state index contributed by atoms with van der Waals surface area (Å²) in [6, 6.07) is 22.8. The second-order valence-electron chi connectivity index (χ2n) is 8.61. The van der Waals surface area contributed by atoms with E-state index in [1.54, 1.807) is 10.6 Å². The SMILES string of the molecule is O=C(CCc1nnc2n(Cc3ccccc3)c(=O)c3ccccc3n12)NCc1ccc2c(c1)OCO2. The predicted molar refractivity (Wildman–Crippen MR) is 133 cm³/mol. The molecule has 1 aliphatic heterocycles. The summed E-state index contributed by atoms with van der Waals surface area (Å²) in [7, 11) is 0. The Morgan fingerprint density at radius 1 is 0.917 bits per heavy atom. The molecule has 0 radical (unpaired) electrons. The molecule has 0 bridgehead atoms. The van der Waals surface area contributed by atoms with Gasteiger partial charge in [-0.1, -0.05) is 48.5 Å². The minimum absolute atomic E-state index is 0.105. The van der Waals surface area contributed by atoms with E-state index < -0.39 is 0 Å². The van der Waals surface area contributed by atoms with Crippen LogP contribution in [0.15, 0.2) is 77.6 Å². The number of aromatic nitrogens is 4. The van der Waals surface area contributed by atoms with Crippen molar-refractivity contribution in [2.45, 2.75) is 25.9 Å². The summed E-state index contributed by atoms with van der Waals surface area (Å²) in [5.74, 6) is 2.37. The zero-order valence-corrected chi connectivity index (χ0v) is 19.4. The molecule has 3 aromatic carbocycles. The van der Waals surface area contributed by atoms with E-state index in [1.165, 1.54) is 0 Å². The second kappa shape index (κ2) is 9.18. The minimum atomic E-state index is -0.123. The molecule has 0 saturated heterocycles. The van der Waals surface area contributed by atoms with E-state index in [-0.39, 0.29) is 24.7 Å². The molecule has 9 nitrogen and oxygen atoms in total. The van der Waals surface area contributed by atoms with Crippen molar-refractivity contribution in [1.29, 1.82) is 0 Å². The van der Waals surface area contributed by atoms with Gasteiger partial charge in [0, 0.05) is 19.4 Å². The lowest BCUT2D eigenvalue weighted by molar-refractivity contribution is -0.121. The van der Waals surface area contributed by atoms with Crippen LogP contribution in [0, 0.1) is 0 Å². The zero-order chi connectivity index (χ0) is 24.5. The first-order chi connectivity index (χ1) is 17.7. The number of aryl methyl sites for hydroxylation is 1. The van der Waals surface area contributed by atoms with Crippen molar-refractivity contribution < 1.29 is 14.3 Å². The summed E-state index contributed by atoms with van der Waals surface area (Å²) >= 11 is 0. The van der Waals surface area contributed by atoms with Crippen molar-refractivity contribution >= 4 is 22.6 Å². The first kappa shape index (κ1) is 21.8. The molecule has 0 aliphatic carbocycles. The number of hydrogen-bond acceptors (Lipinski definition) is 6. The van der Waals surface area contributed by atoms with E-state index in [0.717, 1.165) is 16.6 Å². The number of nitrogens with zero attached hydrogens (tertiary/aromatic N) is 4. The van der Waals surface area contributed by atoms with Gasteiger partial charge in [0.1, 0.15) is 5.82 Å². The fourth-order valence-electron chi connectivity index (χ4n) is 4.45. The van der Waals surface area contributed by atoms with Gasteiger partial charge in [-0.05, 0) is 35.4 Å². The number of carbonyl (C=O) groups excluding carboxylic acids is 1. The Labute approximate surface area is 205 Å². The maximum atomic E-state index is 13.3. The van der Waals surface area contributed by atoms with Gasteiger partial charge in [-0.3, -0.25) is 18.6 Å². The number of benzene rings is 3. The molecule has 2 aromatic heterocycles. The normalized spacial score (nSPS) is 12.3. The Hall–Kier alpha value is -4.66. The second-order valence-corrected chi connectivity index (χ2v) is 8.61. The monoisotopic (exact) mass is 481 g/mol. The molecule has 1 N–H and O–H groups in total. The number of nitrogens with one attached hydrogen (secondary N) is 1. The molecule has 6 rings (SSSR count). The van der Waals surface area contributed by atoms with Crippen molar-refractivity contribution in [2.24, 2.45) is 0 Å². The van der Waals surface area contributed by atoms with Crippen molar-refractivity contribution in [1.82, 2.24) is 24.5 Å². The Morgan fingerprint density at radius 3 is 2.61 bits per heavy atom. The Morgan fingerprint density at radius 2 is 1.72 bits per heavy atom. The largest absolute Gasteiger partial charge is 0.454 e. The highest BCUT2D eigenvalue weighted by atomic mass is 16.7. The highest BCUT2D eigenvalue weighted by Gasteiger charge is 2.18. The van der Waals surface area contributed by atoms with Crippen LogP contribution in [0.2, 0.25) is 0 Å². The summed E-state index contributed by atoms with van der Waals surface area (Å²) < 4.78 is 14.2. The number of fused-ring (bicyclic) bond motifs is 4. The quantitative estimate of drug-likeness (QED) is 0.384. The Kier molecular flexibility index (Phi) is 5.57. The van der Waals surface area contributed by atoms with E-state index in [2.05, 4.69) is 15.5 Å². The van der Waals surface area contributed by atoms with Crippen LogP contribution in [0.5, 0.6) is 11.5 Å². The third-order valence-corrected chi connectivity index (χ3v) is 6.26. The lowest BCUT2D eigenvalue weighted by Crippen LogP contribution is -2.25. The fraction of sp³-hybridized carbons (Fsp3) is 0.185. The molecule has 0 atom stereocenters. The third-order valence-electron chi connectivity index (χ3n) is 6.26. The third kappa shape index (κ3) is 4.04. The molecule has 0 saturated carbocycles. The van der Waals surface area contributed by atoms with Crippen LogP contribution in [0.3, 0.4) is 0 Å². The number of para-hydroxylation sites is 1. The summed E-state index contributed by atoms with van der Waals surface area (Å²) in [4.78, 5) is 25.9. The van der Waals surface area contributed by atoms with Gasteiger partial charge >= 0.3 is 0 Å². The molecule has 180 valence electrons. The van der Waals surface area contributed by atoms with Crippen molar-refractivity contribution in [2.75, 3.05) is 6.79 Å². The average molecular weight is 482 g/mol. The van der Waals surface area contributed by atoms with Gasteiger partial charge in [-0.15, -0.1) is 10.2 Å². The summed E-state index contributed by atoms with van der Waals surface area (Å²) in [6.45, 7) is 0.975. The molecule has 9 heteroatoms. The van der Waals surface area contributed by atoms with Gasteiger partial charge in [0.2, 0.25) is 18.5 Å². The molecule has 1 aliphatic rings. The van der Waals surface area contributed by atoms with E-state index in [9.17, 15) is 9.59 Å². The van der Waals surface area contributed by atoms with Gasteiger partial charge in [0.05, 0.1) is 17.4 Å². The van der Waals surface area contributed by atoms with Crippen molar-refractivity contribution in [3.63, 3.8) is 0 Å². The van der Waals surface area contributed by atoms with Crippen molar-refractivity contribution in [3.05, 3.63) is 100 Å². The van der Waals surface area contributed by atoms with Crippen LogP contribution in [0.25, 0.3) is 16.7 Å². The van der Waals surface area contributed by atoms with Crippen LogP contribution in [-0.4, -0.2) is 31.9 Å². The molecule has 0 fully saturated rings. The van der Waals surface area contributed by atoms with E-state index in [4.69, 9.17) is 9.47 Å². The van der Waals surface area contributed by atoms with Gasteiger partial charge in [0.25, 0.3) is 5.56 Å². The van der Waals surface area contributed by atoms with E-state index in [0.29, 0.717) is 48.0 Å². The van der Waals surface area contributed by atoms with E-state index >= 15 is 0 Å². The van der Waals surface area contributed by atoms with Crippen LogP contribution in [0.4, 0.5) is 0 Å².